The van der Waals surface area contributed by atoms with Gasteiger partial charge in [-0.3, -0.25) is 9.80 Å². The largest absolute Gasteiger partial charge is 0.307 e. The van der Waals surface area contributed by atoms with Crippen LogP contribution in [0.15, 0.2) is 41.6 Å². The van der Waals surface area contributed by atoms with Gasteiger partial charge in [-0.15, -0.1) is 5.10 Å². The number of hydrazone groups is 1. The van der Waals surface area contributed by atoms with Gasteiger partial charge in [-0.05, 0) is 36.8 Å². The summed E-state index contributed by atoms with van der Waals surface area (Å²) < 4.78 is 0. The lowest BCUT2D eigenvalue weighted by Gasteiger charge is -2.15. The maximum atomic E-state index is 12.2. The van der Waals surface area contributed by atoms with Gasteiger partial charge in [0.2, 0.25) is 0 Å². The average Bonchev–Trinajstić information content (AvgIpc) is 2.92. The first kappa shape index (κ1) is 15.4. The van der Waals surface area contributed by atoms with Gasteiger partial charge in [-0.25, -0.2) is 0 Å². The lowest BCUT2D eigenvalue weighted by atomic mass is 10.1. The van der Waals surface area contributed by atoms with E-state index in [1.807, 2.05) is 37.1 Å². The lowest BCUT2D eigenvalue weighted by Crippen LogP contribution is -2.34. The number of amides is 1. The molecule has 0 spiro atoms. The van der Waals surface area contributed by atoms with Crippen molar-refractivity contribution >= 4 is 29.0 Å². The number of hydrogen-bond donors (Lipinski definition) is 1. The molecular weight excluding hydrogens is 314 g/mol. The topological polar surface area (TPSA) is 70.5 Å². The Morgan fingerprint density at radius 2 is 2.22 bits per heavy atom. The van der Waals surface area contributed by atoms with Crippen molar-refractivity contribution < 1.29 is 4.79 Å². The molecule has 0 saturated heterocycles. The van der Waals surface area contributed by atoms with Crippen molar-refractivity contribution in [2.75, 3.05) is 11.6 Å². The molecule has 0 radical (unpaired) electrons. The Morgan fingerprint density at radius 3 is 2.91 bits per heavy atom. The summed E-state index contributed by atoms with van der Waals surface area (Å²) >= 11 is 6.17. The van der Waals surface area contributed by atoms with E-state index in [9.17, 15) is 4.79 Å². The zero-order chi connectivity index (χ0) is 16.4. The van der Waals surface area contributed by atoms with Gasteiger partial charge in [0.15, 0.2) is 5.69 Å². The Morgan fingerprint density at radius 1 is 1.39 bits per heavy atom. The van der Waals surface area contributed by atoms with E-state index in [4.69, 9.17) is 11.6 Å². The zero-order valence-electron chi connectivity index (χ0n) is 12.8. The lowest BCUT2D eigenvalue weighted by molar-refractivity contribution is 0.0970. The second-order valence-corrected chi connectivity index (χ2v) is 5.87. The second-order valence-electron chi connectivity index (χ2n) is 5.46. The molecular formula is C16H16ClN5O. The molecule has 1 aromatic heterocycles. The predicted octanol–water partition coefficient (Wildman–Crippen LogP) is 2.64. The Kier molecular flexibility index (Phi) is 4.25. The van der Waals surface area contributed by atoms with E-state index in [0.717, 1.165) is 11.3 Å². The van der Waals surface area contributed by atoms with Gasteiger partial charge in [0.25, 0.3) is 5.91 Å². The first-order valence-electron chi connectivity index (χ1n) is 7.26. The highest BCUT2D eigenvalue weighted by Crippen LogP contribution is 2.26. The third-order valence-electron chi connectivity index (χ3n) is 3.64. The number of aromatic nitrogens is 2. The van der Waals surface area contributed by atoms with Crippen molar-refractivity contribution in [1.29, 1.82) is 0 Å². The van der Waals surface area contributed by atoms with E-state index in [1.54, 1.807) is 12.1 Å². The number of halogens is 1. The highest BCUT2D eigenvalue weighted by molar-refractivity contribution is 6.31. The Labute approximate surface area is 139 Å². The van der Waals surface area contributed by atoms with Crippen LogP contribution in [0.25, 0.3) is 0 Å². The summed E-state index contributed by atoms with van der Waals surface area (Å²) in [6, 6.07) is 9.07. The van der Waals surface area contributed by atoms with Gasteiger partial charge in [0.1, 0.15) is 5.84 Å². The third kappa shape index (κ3) is 3.32. The number of amidine groups is 1. The summed E-state index contributed by atoms with van der Waals surface area (Å²) in [4.78, 5) is 12.2. The minimum absolute atomic E-state index is 0.0932. The highest BCUT2D eigenvalue weighted by Gasteiger charge is 2.26. The van der Waals surface area contributed by atoms with Crippen LogP contribution in [-0.2, 0) is 0 Å². The molecule has 1 atom stereocenters. The molecule has 0 unspecified atom stereocenters. The maximum absolute atomic E-state index is 12.2. The summed E-state index contributed by atoms with van der Waals surface area (Å²) in [5, 5.41) is 17.3. The molecule has 1 amide bonds. The molecule has 0 saturated carbocycles. The minimum atomic E-state index is -0.313. The van der Waals surface area contributed by atoms with Gasteiger partial charge in [-0.1, -0.05) is 24.6 Å². The number of hydrogen-bond acceptors (Lipinski definition) is 5. The van der Waals surface area contributed by atoms with Crippen LogP contribution in [0.1, 0.15) is 23.0 Å². The van der Waals surface area contributed by atoms with Crippen LogP contribution in [0, 0.1) is 12.8 Å². The van der Waals surface area contributed by atoms with Gasteiger partial charge in [-0.2, -0.15) is 10.2 Å². The maximum Gasteiger partial charge on any atom is 0.277 e. The Hall–Kier alpha value is -2.47. The molecule has 0 aliphatic carbocycles. The number of nitrogens with zero attached hydrogens (tertiary/aromatic N) is 4. The fourth-order valence-corrected chi connectivity index (χ4v) is 2.45. The average molecular weight is 330 g/mol. The molecule has 6 nitrogen and oxygen atoms in total. The van der Waals surface area contributed by atoms with Crippen LogP contribution in [-0.4, -0.2) is 28.5 Å². The van der Waals surface area contributed by atoms with Crippen LogP contribution < -0.4 is 10.3 Å². The molecule has 1 aliphatic heterocycles. The van der Waals surface area contributed by atoms with Gasteiger partial charge < -0.3 is 5.32 Å². The summed E-state index contributed by atoms with van der Waals surface area (Å²) in [5.41, 5.74) is 2.18. The fraction of sp³-hybridized carbons (Fsp3) is 0.250. The SMILES string of the molecule is Cc1ccc(N2C[C@H](C)C(NC(=O)c3cccnn3)=N2)cc1Cl. The smallest absolute Gasteiger partial charge is 0.277 e. The number of nitrogens with one attached hydrogen (secondary N) is 1. The molecule has 0 fully saturated rings. The van der Waals surface area contributed by atoms with E-state index >= 15 is 0 Å². The molecule has 23 heavy (non-hydrogen) atoms. The van der Waals surface area contributed by atoms with Crippen molar-refractivity contribution in [3.8, 4) is 0 Å². The summed E-state index contributed by atoms with van der Waals surface area (Å²) in [6.45, 7) is 4.63. The molecule has 118 valence electrons. The highest BCUT2D eigenvalue weighted by atomic mass is 35.5. The van der Waals surface area contributed by atoms with E-state index in [-0.39, 0.29) is 17.5 Å². The Balaban J connectivity index is 1.77. The monoisotopic (exact) mass is 329 g/mol. The number of benzene rings is 1. The first-order valence-corrected chi connectivity index (χ1v) is 7.63. The van der Waals surface area contributed by atoms with Crippen LogP contribution in [0.2, 0.25) is 5.02 Å². The van der Waals surface area contributed by atoms with Crippen molar-refractivity contribution in [2.24, 2.45) is 11.0 Å². The van der Waals surface area contributed by atoms with Gasteiger partial charge in [0, 0.05) is 17.1 Å². The molecule has 1 N–H and O–H groups in total. The van der Waals surface area contributed by atoms with Crippen LogP contribution in [0.4, 0.5) is 5.69 Å². The van der Waals surface area contributed by atoms with E-state index < -0.39 is 0 Å². The molecule has 1 aromatic carbocycles. The van der Waals surface area contributed by atoms with Crippen molar-refractivity contribution in [1.82, 2.24) is 15.5 Å². The molecule has 7 heteroatoms. The number of anilines is 1. The van der Waals surface area contributed by atoms with Crippen molar-refractivity contribution in [2.45, 2.75) is 13.8 Å². The molecule has 2 aromatic rings. The fourth-order valence-electron chi connectivity index (χ4n) is 2.27. The van der Waals surface area contributed by atoms with Crippen molar-refractivity contribution in [3.05, 3.63) is 52.8 Å². The van der Waals surface area contributed by atoms with Crippen LogP contribution in [0.3, 0.4) is 0 Å². The predicted molar refractivity (Wildman–Crippen MR) is 89.6 cm³/mol. The van der Waals surface area contributed by atoms with Crippen LogP contribution in [0.5, 0.6) is 0 Å². The first-order chi connectivity index (χ1) is 11.0. The minimum Gasteiger partial charge on any atom is -0.307 e. The standard InChI is InChI=1S/C16H16ClN5O/c1-10-5-6-12(8-13(10)17)22-9-11(2)15(21-22)19-16(23)14-4-3-7-18-20-14/h3-8,11H,9H2,1-2H3,(H,19,21,23)/t11-/m0/s1. The van der Waals surface area contributed by atoms with E-state index in [1.165, 1.54) is 6.20 Å². The molecule has 2 heterocycles. The summed E-state index contributed by atoms with van der Waals surface area (Å²) in [5.74, 6) is 0.389. The molecule has 3 rings (SSSR count). The zero-order valence-corrected chi connectivity index (χ0v) is 13.6. The van der Waals surface area contributed by atoms with Crippen LogP contribution >= 0.6 is 11.6 Å². The summed E-state index contributed by atoms with van der Waals surface area (Å²) in [7, 11) is 0. The molecule has 1 aliphatic rings. The van der Waals surface area contributed by atoms with Gasteiger partial charge in [0.05, 0.1) is 12.2 Å². The van der Waals surface area contributed by atoms with Gasteiger partial charge >= 0.3 is 0 Å². The van der Waals surface area contributed by atoms with E-state index in [2.05, 4.69) is 20.6 Å². The van der Waals surface area contributed by atoms with Crippen molar-refractivity contribution in [3.63, 3.8) is 0 Å². The summed E-state index contributed by atoms with van der Waals surface area (Å²) in [6.07, 6.45) is 1.52. The number of carbonyl (C=O) groups excluding carboxylic acids is 1. The second kappa shape index (κ2) is 6.34. The third-order valence-corrected chi connectivity index (χ3v) is 4.05. The Bertz CT molecular complexity index is 762. The molecule has 0 bridgehead atoms. The quantitative estimate of drug-likeness (QED) is 0.919. The number of rotatable bonds is 2. The number of carbonyl (C=O) groups is 1. The van der Waals surface area contributed by atoms with E-state index in [0.29, 0.717) is 17.4 Å². The normalized spacial score (nSPS) is 17.1. The number of aryl methyl sites for hydroxylation is 1.